The maximum atomic E-state index is 12.6. The summed E-state index contributed by atoms with van der Waals surface area (Å²) in [5, 5.41) is 9.50. The quantitative estimate of drug-likeness (QED) is 0.946. The van der Waals surface area contributed by atoms with E-state index in [9.17, 15) is 13.5 Å². The van der Waals surface area contributed by atoms with E-state index in [-0.39, 0.29) is 6.10 Å². The number of aliphatic hydroxyl groups excluding tert-OH is 1. The van der Waals surface area contributed by atoms with Gasteiger partial charge in [-0.2, -0.15) is 4.31 Å². The van der Waals surface area contributed by atoms with Gasteiger partial charge in [-0.3, -0.25) is 0 Å². The van der Waals surface area contributed by atoms with Crippen molar-refractivity contribution < 1.29 is 13.5 Å². The highest BCUT2D eigenvalue weighted by molar-refractivity contribution is 7.89. The molecule has 4 nitrogen and oxygen atoms in total. The SMILES string of the molecule is O=S(=O)(c1ccc(-c2ccccc2)cc1)N1CCC(O)CC1. The fraction of sp³-hybridized carbons (Fsp3) is 0.294. The van der Waals surface area contributed by atoms with Crippen LogP contribution in [0.5, 0.6) is 0 Å². The fourth-order valence-corrected chi connectivity index (χ4v) is 4.15. The largest absolute Gasteiger partial charge is 0.393 e. The molecule has 0 atom stereocenters. The molecule has 1 N–H and O–H groups in total. The normalized spacial score (nSPS) is 17.5. The molecule has 2 aromatic rings. The standard InChI is InChI=1S/C17H19NO3S/c19-16-10-12-18(13-11-16)22(20,21)17-8-6-15(7-9-17)14-4-2-1-3-5-14/h1-9,16,19H,10-13H2. The first-order chi connectivity index (χ1) is 10.6. The summed E-state index contributed by atoms with van der Waals surface area (Å²) < 4.78 is 26.6. The third kappa shape index (κ3) is 3.06. The first-order valence-corrected chi connectivity index (χ1v) is 8.85. The molecular weight excluding hydrogens is 298 g/mol. The third-order valence-corrected chi connectivity index (χ3v) is 5.94. The lowest BCUT2D eigenvalue weighted by molar-refractivity contribution is 0.113. The van der Waals surface area contributed by atoms with Gasteiger partial charge in [-0.25, -0.2) is 8.42 Å². The van der Waals surface area contributed by atoms with Gasteiger partial charge < -0.3 is 5.11 Å². The summed E-state index contributed by atoms with van der Waals surface area (Å²) in [6.07, 6.45) is 0.620. The zero-order chi connectivity index (χ0) is 15.6. The van der Waals surface area contributed by atoms with E-state index in [2.05, 4.69) is 0 Å². The van der Waals surface area contributed by atoms with E-state index in [1.807, 2.05) is 42.5 Å². The second-order valence-electron chi connectivity index (χ2n) is 5.53. The number of nitrogens with zero attached hydrogens (tertiary/aromatic N) is 1. The molecule has 1 aliphatic heterocycles. The van der Waals surface area contributed by atoms with E-state index >= 15 is 0 Å². The van der Waals surface area contributed by atoms with Gasteiger partial charge in [0.25, 0.3) is 0 Å². The van der Waals surface area contributed by atoms with E-state index in [1.54, 1.807) is 12.1 Å². The zero-order valence-electron chi connectivity index (χ0n) is 12.2. The summed E-state index contributed by atoms with van der Waals surface area (Å²) in [5.74, 6) is 0. The van der Waals surface area contributed by atoms with Gasteiger partial charge in [-0.1, -0.05) is 42.5 Å². The van der Waals surface area contributed by atoms with Crippen LogP contribution in [0.15, 0.2) is 59.5 Å². The summed E-state index contributed by atoms with van der Waals surface area (Å²) in [7, 11) is -3.46. The average molecular weight is 317 g/mol. The van der Waals surface area contributed by atoms with Crippen LogP contribution in [0.4, 0.5) is 0 Å². The number of hydrogen-bond acceptors (Lipinski definition) is 3. The average Bonchev–Trinajstić information content (AvgIpc) is 2.56. The van der Waals surface area contributed by atoms with E-state index in [1.165, 1.54) is 4.31 Å². The molecule has 1 saturated heterocycles. The van der Waals surface area contributed by atoms with Crippen LogP contribution in [0.3, 0.4) is 0 Å². The second-order valence-corrected chi connectivity index (χ2v) is 7.46. The Hall–Kier alpha value is -1.69. The third-order valence-electron chi connectivity index (χ3n) is 4.02. The summed E-state index contributed by atoms with van der Waals surface area (Å²) in [6, 6.07) is 16.8. The van der Waals surface area contributed by atoms with Crippen molar-refractivity contribution in [2.75, 3.05) is 13.1 Å². The van der Waals surface area contributed by atoms with Gasteiger partial charge in [0.2, 0.25) is 10.0 Å². The highest BCUT2D eigenvalue weighted by Crippen LogP contribution is 2.24. The maximum absolute atomic E-state index is 12.6. The van der Waals surface area contributed by atoms with E-state index in [0.29, 0.717) is 30.8 Å². The molecule has 22 heavy (non-hydrogen) atoms. The monoisotopic (exact) mass is 317 g/mol. The Morgan fingerprint density at radius 1 is 0.864 bits per heavy atom. The van der Waals surface area contributed by atoms with Crippen LogP contribution in [-0.4, -0.2) is 37.0 Å². The Bertz CT molecular complexity index is 718. The zero-order valence-corrected chi connectivity index (χ0v) is 13.0. The van der Waals surface area contributed by atoms with Crippen LogP contribution in [-0.2, 0) is 10.0 Å². The summed E-state index contributed by atoms with van der Waals surface area (Å²) in [6.45, 7) is 0.758. The summed E-state index contributed by atoms with van der Waals surface area (Å²) >= 11 is 0. The van der Waals surface area contributed by atoms with Crippen molar-refractivity contribution in [1.82, 2.24) is 4.31 Å². The topological polar surface area (TPSA) is 57.6 Å². The lowest BCUT2D eigenvalue weighted by Crippen LogP contribution is -2.39. The number of rotatable bonds is 3. The lowest BCUT2D eigenvalue weighted by atomic mass is 10.1. The Morgan fingerprint density at radius 2 is 1.41 bits per heavy atom. The molecule has 3 rings (SSSR count). The molecule has 5 heteroatoms. The predicted molar refractivity (Wildman–Crippen MR) is 85.9 cm³/mol. The summed E-state index contributed by atoms with van der Waals surface area (Å²) in [4.78, 5) is 0.309. The van der Waals surface area contributed by atoms with Crippen LogP contribution >= 0.6 is 0 Å². The van der Waals surface area contributed by atoms with Gasteiger partial charge >= 0.3 is 0 Å². The van der Waals surface area contributed by atoms with Crippen molar-refractivity contribution in [2.45, 2.75) is 23.8 Å². The molecular formula is C17H19NO3S. The van der Waals surface area contributed by atoms with E-state index in [4.69, 9.17) is 0 Å². The Balaban J connectivity index is 1.83. The van der Waals surface area contributed by atoms with Gasteiger partial charge in [-0.05, 0) is 36.1 Å². The number of benzene rings is 2. The van der Waals surface area contributed by atoms with E-state index in [0.717, 1.165) is 11.1 Å². The molecule has 0 unspecified atom stereocenters. The lowest BCUT2D eigenvalue weighted by Gasteiger charge is -2.28. The molecule has 0 aromatic heterocycles. The minimum Gasteiger partial charge on any atom is -0.393 e. The summed E-state index contributed by atoms with van der Waals surface area (Å²) in [5.41, 5.74) is 2.06. The van der Waals surface area contributed by atoms with Gasteiger partial charge in [0, 0.05) is 13.1 Å². The van der Waals surface area contributed by atoms with Crippen LogP contribution in [0, 0.1) is 0 Å². The number of sulfonamides is 1. The van der Waals surface area contributed by atoms with Crippen molar-refractivity contribution in [2.24, 2.45) is 0 Å². The minimum absolute atomic E-state index is 0.309. The molecule has 0 radical (unpaired) electrons. The van der Waals surface area contributed by atoms with Crippen LogP contribution in [0.25, 0.3) is 11.1 Å². The van der Waals surface area contributed by atoms with Crippen LogP contribution in [0.1, 0.15) is 12.8 Å². The molecule has 1 heterocycles. The van der Waals surface area contributed by atoms with Crippen molar-refractivity contribution in [3.05, 3.63) is 54.6 Å². The number of hydrogen-bond donors (Lipinski definition) is 1. The first-order valence-electron chi connectivity index (χ1n) is 7.41. The smallest absolute Gasteiger partial charge is 0.243 e. The number of aliphatic hydroxyl groups is 1. The fourth-order valence-electron chi connectivity index (χ4n) is 2.68. The van der Waals surface area contributed by atoms with Gasteiger partial charge in [-0.15, -0.1) is 0 Å². The Morgan fingerprint density at radius 3 is 2.00 bits per heavy atom. The van der Waals surface area contributed by atoms with Crippen molar-refractivity contribution in [3.63, 3.8) is 0 Å². The van der Waals surface area contributed by atoms with Crippen LogP contribution < -0.4 is 0 Å². The van der Waals surface area contributed by atoms with Crippen LogP contribution in [0.2, 0.25) is 0 Å². The predicted octanol–water partition coefficient (Wildman–Crippen LogP) is 2.50. The van der Waals surface area contributed by atoms with Gasteiger partial charge in [0.1, 0.15) is 0 Å². The maximum Gasteiger partial charge on any atom is 0.243 e. The highest BCUT2D eigenvalue weighted by Gasteiger charge is 2.28. The second kappa shape index (κ2) is 6.20. The van der Waals surface area contributed by atoms with Crippen molar-refractivity contribution >= 4 is 10.0 Å². The first kappa shape index (κ1) is 15.2. The molecule has 1 fully saturated rings. The van der Waals surface area contributed by atoms with E-state index < -0.39 is 10.0 Å². The molecule has 0 bridgehead atoms. The molecule has 2 aromatic carbocycles. The highest BCUT2D eigenvalue weighted by atomic mass is 32.2. The molecule has 0 spiro atoms. The Kier molecular flexibility index (Phi) is 4.29. The minimum atomic E-state index is -3.46. The molecule has 0 aliphatic carbocycles. The molecule has 116 valence electrons. The van der Waals surface area contributed by atoms with Crippen molar-refractivity contribution in [1.29, 1.82) is 0 Å². The number of piperidine rings is 1. The van der Waals surface area contributed by atoms with Crippen molar-refractivity contribution in [3.8, 4) is 11.1 Å². The molecule has 0 saturated carbocycles. The van der Waals surface area contributed by atoms with Gasteiger partial charge in [0.15, 0.2) is 0 Å². The van der Waals surface area contributed by atoms with Gasteiger partial charge in [0.05, 0.1) is 11.0 Å². The molecule has 0 amide bonds. The Labute approximate surface area is 131 Å². The molecule has 1 aliphatic rings.